The van der Waals surface area contributed by atoms with Gasteiger partial charge in [0.15, 0.2) is 20.7 Å². The third-order valence-corrected chi connectivity index (χ3v) is 16.1. The number of carbonyl (C=O) groups excluding carboxylic acids is 2. The van der Waals surface area contributed by atoms with E-state index in [-0.39, 0.29) is 35.4 Å². The SMILES string of the molecule is CCCCCCCC/C=C/CCCCCCCC(O[Si](C)(C)C(C)(C)C)C(CCCCCCCCCCCCCC)C(=O)OCC(=O)c1ccccc1. The van der Waals surface area contributed by atoms with E-state index in [0.29, 0.717) is 5.56 Å². The zero-order chi connectivity index (χ0) is 39.0. The molecule has 53 heavy (non-hydrogen) atoms. The van der Waals surface area contributed by atoms with E-state index in [9.17, 15) is 9.59 Å². The second-order valence-corrected chi connectivity index (χ2v) is 22.2. The average molecular weight is 755 g/mol. The minimum atomic E-state index is -2.15. The van der Waals surface area contributed by atoms with Crippen molar-refractivity contribution in [2.75, 3.05) is 6.61 Å². The lowest BCUT2D eigenvalue weighted by molar-refractivity contribution is -0.151. The zero-order valence-corrected chi connectivity index (χ0v) is 37.1. The molecular formula is C48H86O4Si. The highest BCUT2D eigenvalue weighted by molar-refractivity contribution is 6.74. The van der Waals surface area contributed by atoms with Crippen molar-refractivity contribution in [2.45, 2.75) is 232 Å². The van der Waals surface area contributed by atoms with Crippen LogP contribution in [0.2, 0.25) is 18.1 Å². The molecule has 0 radical (unpaired) electrons. The van der Waals surface area contributed by atoms with E-state index in [2.05, 4.69) is 59.9 Å². The Kier molecular flexibility index (Phi) is 29.3. The van der Waals surface area contributed by atoms with Crippen LogP contribution in [0.3, 0.4) is 0 Å². The minimum Gasteiger partial charge on any atom is -0.457 e. The van der Waals surface area contributed by atoms with Gasteiger partial charge in [-0.1, -0.05) is 212 Å². The molecule has 0 bridgehead atoms. The van der Waals surface area contributed by atoms with E-state index in [1.165, 1.54) is 135 Å². The number of unbranched alkanes of at least 4 members (excludes halogenated alkanes) is 22. The minimum absolute atomic E-state index is 0.0432. The van der Waals surface area contributed by atoms with Crippen molar-refractivity contribution >= 4 is 20.1 Å². The molecule has 5 heteroatoms. The van der Waals surface area contributed by atoms with E-state index >= 15 is 0 Å². The monoisotopic (exact) mass is 755 g/mol. The highest BCUT2D eigenvalue weighted by atomic mass is 28.4. The molecule has 0 saturated carbocycles. The fourth-order valence-corrected chi connectivity index (χ4v) is 8.32. The third kappa shape index (κ3) is 25.1. The number of esters is 1. The van der Waals surface area contributed by atoms with Crippen LogP contribution in [0.15, 0.2) is 42.5 Å². The summed E-state index contributed by atoms with van der Waals surface area (Å²) in [4.78, 5) is 26.8. The Hall–Kier alpha value is -1.72. The average Bonchev–Trinajstić information content (AvgIpc) is 3.13. The molecule has 0 aliphatic heterocycles. The fourth-order valence-electron chi connectivity index (χ4n) is 6.93. The van der Waals surface area contributed by atoms with Crippen molar-refractivity contribution in [1.82, 2.24) is 0 Å². The van der Waals surface area contributed by atoms with Gasteiger partial charge in [0.2, 0.25) is 0 Å². The molecule has 2 unspecified atom stereocenters. The number of ether oxygens (including phenoxy) is 1. The zero-order valence-electron chi connectivity index (χ0n) is 36.1. The quantitative estimate of drug-likeness (QED) is 0.0228. The van der Waals surface area contributed by atoms with Crippen molar-refractivity contribution in [2.24, 2.45) is 5.92 Å². The van der Waals surface area contributed by atoms with E-state index in [1.54, 1.807) is 12.1 Å². The molecule has 0 fully saturated rings. The summed E-state index contributed by atoms with van der Waals surface area (Å²) < 4.78 is 12.9. The molecule has 1 aromatic carbocycles. The van der Waals surface area contributed by atoms with E-state index in [1.807, 2.05) is 18.2 Å². The maximum atomic E-state index is 13.9. The van der Waals surface area contributed by atoms with Crippen LogP contribution in [0.4, 0.5) is 0 Å². The van der Waals surface area contributed by atoms with Crippen molar-refractivity contribution in [3.05, 3.63) is 48.0 Å². The number of Topliss-reactive ketones (excluding diaryl/α,β-unsaturated/α-hetero) is 1. The Morgan fingerprint density at radius 1 is 0.604 bits per heavy atom. The first-order valence-corrected chi connectivity index (χ1v) is 25.5. The number of carbonyl (C=O) groups is 2. The first-order valence-electron chi connectivity index (χ1n) is 22.6. The van der Waals surface area contributed by atoms with E-state index in [0.717, 1.165) is 38.5 Å². The van der Waals surface area contributed by atoms with Crippen LogP contribution < -0.4 is 0 Å². The molecule has 0 aliphatic rings. The summed E-state index contributed by atoms with van der Waals surface area (Å²) in [7, 11) is -2.15. The molecule has 0 aliphatic carbocycles. The van der Waals surface area contributed by atoms with Crippen LogP contribution >= 0.6 is 0 Å². The summed E-state index contributed by atoms with van der Waals surface area (Å²) in [6, 6.07) is 9.17. The molecule has 0 aromatic heterocycles. The number of ketones is 1. The number of benzene rings is 1. The molecule has 0 spiro atoms. The predicted molar refractivity (Wildman–Crippen MR) is 232 cm³/mol. The van der Waals surface area contributed by atoms with Crippen LogP contribution in [0.1, 0.15) is 218 Å². The van der Waals surface area contributed by atoms with Gasteiger partial charge in [0.05, 0.1) is 12.0 Å². The van der Waals surface area contributed by atoms with Crippen molar-refractivity contribution in [3.63, 3.8) is 0 Å². The number of allylic oxidation sites excluding steroid dienone is 2. The molecule has 4 nitrogen and oxygen atoms in total. The Labute approximate surface area is 330 Å². The maximum Gasteiger partial charge on any atom is 0.311 e. The first kappa shape index (κ1) is 49.3. The highest BCUT2D eigenvalue weighted by Gasteiger charge is 2.42. The van der Waals surface area contributed by atoms with E-state index in [4.69, 9.17) is 9.16 Å². The Balaban J connectivity index is 2.74. The van der Waals surface area contributed by atoms with Gasteiger partial charge in [-0.15, -0.1) is 0 Å². The summed E-state index contributed by atoms with van der Waals surface area (Å²) in [6.07, 6.45) is 38.2. The van der Waals surface area contributed by atoms with Gasteiger partial charge in [0.1, 0.15) is 0 Å². The summed E-state index contributed by atoms with van der Waals surface area (Å²) >= 11 is 0. The summed E-state index contributed by atoms with van der Waals surface area (Å²) in [5.41, 5.74) is 0.583. The Bertz CT molecular complexity index is 1040. The Morgan fingerprint density at radius 2 is 1.02 bits per heavy atom. The van der Waals surface area contributed by atoms with Gasteiger partial charge in [0, 0.05) is 5.56 Å². The van der Waals surface area contributed by atoms with Gasteiger partial charge in [-0.05, 0) is 56.7 Å². The second kappa shape index (κ2) is 31.5. The van der Waals surface area contributed by atoms with Crippen molar-refractivity contribution in [1.29, 1.82) is 0 Å². The molecular weight excluding hydrogens is 669 g/mol. The molecule has 0 N–H and O–H groups in total. The molecule has 1 aromatic rings. The second-order valence-electron chi connectivity index (χ2n) is 17.5. The van der Waals surface area contributed by atoms with Gasteiger partial charge in [-0.25, -0.2) is 0 Å². The molecule has 1 rings (SSSR count). The number of hydrogen-bond donors (Lipinski definition) is 0. The largest absolute Gasteiger partial charge is 0.457 e. The number of rotatable bonds is 35. The summed E-state index contributed by atoms with van der Waals surface area (Å²) in [5.74, 6) is -0.747. The predicted octanol–water partition coefficient (Wildman–Crippen LogP) is 15.5. The normalized spacial score (nSPS) is 13.4. The van der Waals surface area contributed by atoms with Gasteiger partial charge in [0.25, 0.3) is 0 Å². The van der Waals surface area contributed by atoms with Crippen LogP contribution in [0.5, 0.6) is 0 Å². The van der Waals surface area contributed by atoms with Gasteiger partial charge >= 0.3 is 5.97 Å². The van der Waals surface area contributed by atoms with Crippen molar-refractivity contribution < 1.29 is 18.8 Å². The van der Waals surface area contributed by atoms with Gasteiger partial charge in [-0.2, -0.15) is 0 Å². The third-order valence-electron chi connectivity index (χ3n) is 11.6. The van der Waals surface area contributed by atoms with Crippen molar-refractivity contribution in [3.8, 4) is 0 Å². The summed E-state index contributed by atoms with van der Waals surface area (Å²) in [5, 5.41) is 0.0432. The standard InChI is InChI=1S/C48H86O4Si/c1-8-10-12-14-16-18-20-22-23-24-26-28-30-32-37-41-46(52-53(6,7)48(3,4)5)44(47(50)51-42-45(49)43-38-34-33-35-39-43)40-36-31-29-27-25-21-19-17-15-13-11-9-2/h22-23,33-35,38-39,44,46H,8-21,24-32,36-37,40-42H2,1-7H3/b23-22+. The first-order chi connectivity index (χ1) is 25.5. The molecule has 0 heterocycles. The molecule has 306 valence electrons. The Morgan fingerprint density at radius 3 is 1.47 bits per heavy atom. The lowest BCUT2D eigenvalue weighted by atomic mass is 9.91. The van der Waals surface area contributed by atoms with Gasteiger partial charge < -0.3 is 9.16 Å². The smallest absolute Gasteiger partial charge is 0.311 e. The lowest BCUT2D eigenvalue weighted by Gasteiger charge is -2.41. The number of hydrogen-bond acceptors (Lipinski definition) is 4. The van der Waals surface area contributed by atoms with Crippen LogP contribution in [0, 0.1) is 5.92 Å². The molecule has 0 amide bonds. The molecule has 2 atom stereocenters. The van der Waals surface area contributed by atoms with Crippen LogP contribution in [0.25, 0.3) is 0 Å². The summed E-state index contributed by atoms with van der Waals surface area (Å²) in [6.45, 7) is 15.8. The molecule has 0 saturated heterocycles. The van der Waals surface area contributed by atoms with Crippen LogP contribution in [-0.4, -0.2) is 32.8 Å². The maximum absolute atomic E-state index is 13.9. The fraction of sp³-hybridized carbons (Fsp3) is 0.792. The highest BCUT2D eigenvalue weighted by Crippen LogP contribution is 2.39. The lowest BCUT2D eigenvalue weighted by Crippen LogP contribution is -2.47. The van der Waals surface area contributed by atoms with E-state index < -0.39 is 8.32 Å². The van der Waals surface area contributed by atoms with Gasteiger partial charge in [-0.3, -0.25) is 9.59 Å². The topological polar surface area (TPSA) is 52.6 Å². The van der Waals surface area contributed by atoms with Crippen LogP contribution in [-0.2, 0) is 14.0 Å².